The van der Waals surface area contributed by atoms with E-state index in [4.69, 9.17) is 4.52 Å². The molecule has 1 heterocycles. The zero-order valence-corrected chi connectivity index (χ0v) is 12.2. The van der Waals surface area contributed by atoms with Crippen LogP contribution >= 0.6 is 0 Å². The summed E-state index contributed by atoms with van der Waals surface area (Å²) >= 11 is 0. The highest BCUT2D eigenvalue weighted by Crippen LogP contribution is 2.40. The molecular formula is C17H27NO. The van der Waals surface area contributed by atoms with E-state index in [2.05, 4.69) is 11.2 Å². The van der Waals surface area contributed by atoms with Crippen LogP contribution in [0.25, 0.3) is 0 Å². The van der Waals surface area contributed by atoms with Gasteiger partial charge in [0, 0.05) is 12.0 Å². The van der Waals surface area contributed by atoms with Crippen molar-refractivity contribution in [1.29, 1.82) is 0 Å². The smallest absolute Gasteiger partial charge is 0.140 e. The Morgan fingerprint density at radius 3 is 2.32 bits per heavy atom. The van der Waals surface area contributed by atoms with Crippen LogP contribution in [0, 0.1) is 18.8 Å². The summed E-state index contributed by atoms with van der Waals surface area (Å²) in [5, 5.41) is 4.03. The van der Waals surface area contributed by atoms with Gasteiger partial charge < -0.3 is 4.52 Å². The molecule has 0 aromatic carbocycles. The molecule has 2 aliphatic rings. The van der Waals surface area contributed by atoms with Crippen molar-refractivity contribution in [2.45, 2.75) is 77.0 Å². The Bertz CT molecular complexity index is 384. The maximum absolute atomic E-state index is 5.44. The van der Waals surface area contributed by atoms with E-state index < -0.39 is 0 Å². The highest BCUT2D eigenvalue weighted by atomic mass is 16.5. The van der Waals surface area contributed by atoms with Gasteiger partial charge in [0.2, 0.25) is 0 Å². The van der Waals surface area contributed by atoms with E-state index >= 15 is 0 Å². The Hall–Kier alpha value is -0.790. The van der Waals surface area contributed by atoms with E-state index in [-0.39, 0.29) is 0 Å². The lowest BCUT2D eigenvalue weighted by atomic mass is 9.74. The largest absolute Gasteiger partial charge is 0.361 e. The zero-order valence-electron chi connectivity index (χ0n) is 12.2. The normalized spacial score (nSPS) is 29.5. The van der Waals surface area contributed by atoms with Crippen LogP contribution in [0.4, 0.5) is 0 Å². The van der Waals surface area contributed by atoms with Crippen LogP contribution in [0.3, 0.4) is 0 Å². The van der Waals surface area contributed by atoms with Gasteiger partial charge in [-0.2, -0.15) is 0 Å². The summed E-state index contributed by atoms with van der Waals surface area (Å²) in [7, 11) is 0. The maximum atomic E-state index is 5.44. The van der Waals surface area contributed by atoms with Gasteiger partial charge in [-0.05, 0) is 50.9 Å². The molecule has 0 amide bonds. The van der Waals surface area contributed by atoms with Crippen molar-refractivity contribution in [3.63, 3.8) is 0 Å². The van der Waals surface area contributed by atoms with Crippen molar-refractivity contribution in [2.24, 2.45) is 11.8 Å². The highest BCUT2D eigenvalue weighted by Gasteiger charge is 2.27. The van der Waals surface area contributed by atoms with E-state index in [0.29, 0.717) is 5.92 Å². The lowest BCUT2D eigenvalue weighted by molar-refractivity contribution is 0.220. The molecule has 3 rings (SSSR count). The minimum atomic E-state index is 0.642. The molecule has 2 fully saturated rings. The van der Waals surface area contributed by atoms with Crippen molar-refractivity contribution < 1.29 is 4.52 Å². The van der Waals surface area contributed by atoms with Crippen LogP contribution in [-0.4, -0.2) is 5.16 Å². The van der Waals surface area contributed by atoms with Gasteiger partial charge in [-0.3, -0.25) is 0 Å². The molecule has 2 saturated carbocycles. The summed E-state index contributed by atoms with van der Waals surface area (Å²) in [6.45, 7) is 2.02. The van der Waals surface area contributed by atoms with Crippen molar-refractivity contribution in [3.05, 3.63) is 17.5 Å². The Morgan fingerprint density at radius 2 is 1.68 bits per heavy atom. The molecule has 0 atom stereocenters. The third-order valence-electron chi connectivity index (χ3n) is 5.29. The summed E-state index contributed by atoms with van der Waals surface area (Å²) in [4.78, 5) is 0. The van der Waals surface area contributed by atoms with Crippen molar-refractivity contribution in [3.8, 4) is 0 Å². The van der Waals surface area contributed by atoms with Gasteiger partial charge in [-0.1, -0.05) is 37.3 Å². The van der Waals surface area contributed by atoms with Crippen molar-refractivity contribution in [2.75, 3.05) is 0 Å². The molecule has 19 heavy (non-hydrogen) atoms. The fraction of sp³-hybridized carbons (Fsp3) is 0.824. The molecule has 1 aromatic heterocycles. The first-order chi connectivity index (χ1) is 9.31. The van der Waals surface area contributed by atoms with Gasteiger partial charge in [0.1, 0.15) is 5.76 Å². The Morgan fingerprint density at radius 1 is 1.00 bits per heavy atom. The monoisotopic (exact) mass is 261 g/mol. The van der Waals surface area contributed by atoms with Gasteiger partial charge in [0.15, 0.2) is 0 Å². The second-order valence-corrected chi connectivity index (χ2v) is 6.83. The van der Waals surface area contributed by atoms with Gasteiger partial charge in [0.25, 0.3) is 0 Å². The Balaban J connectivity index is 1.46. The van der Waals surface area contributed by atoms with Gasteiger partial charge in [-0.25, -0.2) is 0 Å². The molecule has 0 N–H and O–H groups in total. The predicted molar refractivity (Wildman–Crippen MR) is 77.1 cm³/mol. The van der Waals surface area contributed by atoms with Gasteiger partial charge in [0.05, 0.1) is 5.69 Å². The second kappa shape index (κ2) is 6.11. The third kappa shape index (κ3) is 3.40. The molecule has 0 unspecified atom stereocenters. The molecule has 0 bridgehead atoms. The summed E-state index contributed by atoms with van der Waals surface area (Å²) < 4.78 is 5.44. The quantitative estimate of drug-likeness (QED) is 0.745. The first kappa shape index (κ1) is 13.2. The molecule has 2 aliphatic carbocycles. The average molecular weight is 261 g/mol. The van der Waals surface area contributed by atoms with Gasteiger partial charge >= 0.3 is 0 Å². The fourth-order valence-corrected chi connectivity index (χ4v) is 4.15. The summed E-state index contributed by atoms with van der Waals surface area (Å²) in [6, 6.07) is 2.13. The first-order valence-electron chi connectivity index (χ1n) is 8.24. The number of hydrogen-bond donors (Lipinski definition) is 0. The molecule has 0 saturated heterocycles. The SMILES string of the molecule is Cc1cc(C2CCC(CC3CCCCC3)CC2)on1. The molecule has 106 valence electrons. The van der Waals surface area contributed by atoms with Crippen molar-refractivity contribution >= 4 is 0 Å². The zero-order chi connectivity index (χ0) is 13.1. The van der Waals surface area contributed by atoms with E-state index in [1.807, 2.05) is 6.92 Å². The molecule has 0 aliphatic heterocycles. The highest BCUT2D eigenvalue weighted by molar-refractivity contribution is 5.09. The van der Waals surface area contributed by atoms with Crippen LogP contribution in [0.15, 0.2) is 10.6 Å². The Labute approximate surface area is 116 Å². The van der Waals surface area contributed by atoms with E-state index in [1.54, 1.807) is 0 Å². The lowest BCUT2D eigenvalue weighted by Crippen LogP contribution is -2.17. The minimum Gasteiger partial charge on any atom is -0.361 e. The van der Waals surface area contributed by atoms with Crippen LogP contribution in [0.5, 0.6) is 0 Å². The number of rotatable bonds is 3. The van der Waals surface area contributed by atoms with E-state index in [0.717, 1.165) is 23.3 Å². The van der Waals surface area contributed by atoms with E-state index in [9.17, 15) is 0 Å². The van der Waals surface area contributed by atoms with E-state index in [1.165, 1.54) is 64.2 Å². The maximum Gasteiger partial charge on any atom is 0.140 e. The molecule has 2 heteroatoms. The Kier molecular flexibility index (Phi) is 4.24. The lowest BCUT2D eigenvalue weighted by Gasteiger charge is -2.31. The first-order valence-corrected chi connectivity index (χ1v) is 8.24. The van der Waals surface area contributed by atoms with Crippen LogP contribution < -0.4 is 0 Å². The minimum absolute atomic E-state index is 0.642. The summed E-state index contributed by atoms with van der Waals surface area (Å²) in [5.74, 6) is 3.81. The van der Waals surface area contributed by atoms with Crippen LogP contribution in [-0.2, 0) is 0 Å². The summed E-state index contributed by atoms with van der Waals surface area (Å²) in [6.07, 6.45) is 14.4. The third-order valence-corrected chi connectivity index (χ3v) is 5.29. The standard InChI is InChI=1S/C17H27NO/c1-13-11-17(19-18-13)16-9-7-15(8-10-16)12-14-5-3-2-4-6-14/h11,14-16H,2-10,12H2,1H3. The fourth-order valence-electron chi connectivity index (χ4n) is 4.15. The molecule has 0 spiro atoms. The van der Waals surface area contributed by atoms with Crippen LogP contribution in [0.2, 0.25) is 0 Å². The number of aromatic nitrogens is 1. The molecule has 0 radical (unpaired) electrons. The second-order valence-electron chi connectivity index (χ2n) is 6.83. The molecule has 1 aromatic rings. The summed E-state index contributed by atoms with van der Waals surface area (Å²) in [5.41, 5.74) is 1.03. The van der Waals surface area contributed by atoms with Crippen molar-refractivity contribution in [1.82, 2.24) is 5.16 Å². The number of hydrogen-bond acceptors (Lipinski definition) is 2. The molecular weight excluding hydrogens is 234 g/mol. The van der Waals surface area contributed by atoms with Gasteiger partial charge in [-0.15, -0.1) is 0 Å². The average Bonchev–Trinajstić information content (AvgIpc) is 2.87. The number of aryl methyl sites for hydroxylation is 1. The topological polar surface area (TPSA) is 26.0 Å². The number of nitrogens with zero attached hydrogens (tertiary/aromatic N) is 1. The predicted octanol–water partition coefficient (Wildman–Crippen LogP) is 5.23. The molecule has 2 nitrogen and oxygen atoms in total. The van der Waals surface area contributed by atoms with Crippen LogP contribution in [0.1, 0.15) is 81.6 Å².